The maximum Gasteiger partial charge on any atom is 0.258 e. The van der Waals surface area contributed by atoms with E-state index in [1.165, 1.54) is 0 Å². The maximum absolute atomic E-state index is 13.0. The number of benzene rings is 2. The van der Waals surface area contributed by atoms with Gasteiger partial charge in [0.25, 0.3) is 5.91 Å². The summed E-state index contributed by atoms with van der Waals surface area (Å²) in [4.78, 5) is 19.3. The van der Waals surface area contributed by atoms with Crippen LogP contribution in [0.25, 0.3) is 0 Å². The van der Waals surface area contributed by atoms with Gasteiger partial charge in [-0.2, -0.15) is 0 Å². The lowest BCUT2D eigenvalue weighted by atomic mass is 10.1. The van der Waals surface area contributed by atoms with E-state index in [-0.39, 0.29) is 12.1 Å². The smallest absolute Gasteiger partial charge is 0.258 e. The normalized spacial score (nSPS) is 15.6. The van der Waals surface area contributed by atoms with Gasteiger partial charge in [-0.3, -0.25) is 9.78 Å². The number of nitrogens with zero attached hydrogens (tertiary/aromatic N) is 2. The number of para-hydroxylation sites is 1. The molecule has 0 bridgehead atoms. The fourth-order valence-electron chi connectivity index (χ4n) is 3.35. The first-order valence-corrected chi connectivity index (χ1v) is 8.88. The predicted octanol–water partition coefficient (Wildman–Crippen LogP) is 4.17. The van der Waals surface area contributed by atoms with E-state index >= 15 is 0 Å². The molecule has 4 rings (SSSR count). The topological polar surface area (TPSA) is 54.5 Å². The molecule has 2 heterocycles. The molecule has 0 radical (unpaired) electrons. The SMILES string of the molecule is COc1ccc(CN2C(=O)c3cccnc3C2Nc2ccccc2C)cc1. The average molecular weight is 359 g/mol. The van der Waals surface area contributed by atoms with Gasteiger partial charge in [0.1, 0.15) is 11.9 Å². The number of carbonyl (C=O) groups excluding carboxylic acids is 1. The maximum atomic E-state index is 13.0. The molecule has 5 heteroatoms. The fraction of sp³-hybridized carbons (Fsp3) is 0.182. The second-order valence-electron chi connectivity index (χ2n) is 6.58. The number of fused-ring (bicyclic) bond motifs is 1. The lowest BCUT2D eigenvalue weighted by Gasteiger charge is -2.27. The molecule has 27 heavy (non-hydrogen) atoms. The molecule has 0 saturated heterocycles. The molecule has 1 aromatic heterocycles. The molecule has 0 fully saturated rings. The van der Waals surface area contributed by atoms with Gasteiger partial charge >= 0.3 is 0 Å². The van der Waals surface area contributed by atoms with Crippen molar-refractivity contribution >= 4 is 11.6 Å². The summed E-state index contributed by atoms with van der Waals surface area (Å²) in [5.41, 5.74) is 4.57. The van der Waals surface area contributed by atoms with Gasteiger partial charge in [0.2, 0.25) is 0 Å². The van der Waals surface area contributed by atoms with Crippen LogP contribution in [0.15, 0.2) is 66.9 Å². The molecule has 5 nitrogen and oxygen atoms in total. The van der Waals surface area contributed by atoms with E-state index in [1.807, 2.05) is 66.4 Å². The van der Waals surface area contributed by atoms with Gasteiger partial charge in [0, 0.05) is 18.4 Å². The molecule has 1 amide bonds. The summed E-state index contributed by atoms with van der Waals surface area (Å²) >= 11 is 0. The number of amides is 1. The second kappa shape index (κ2) is 7.11. The molecule has 1 aliphatic rings. The van der Waals surface area contributed by atoms with Crippen molar-refractivity contribution in [1.29, 1.82) is 0 Å². The molecule has 0 saturated carbocycles. The quantitative estimate of drug-likeness (QED) is 0.743. The van der Waals surface area contributed by atoms with Crippen LogP contribution in [0.3, 0.4) is 0 Å². The largest absolute Gasteiger partial charge is 0.497 e. The summed E-state index contributed by atoms with van der Waals surface area (Å²) in [5.74, 6) is 0.783. The summed E-state index contributed by atoms with van der Waals surface area (Å²) in [6.07, 6.45) is 1.42. The van der Waals surface area contributed by atoms with Crippen LogP contribution >= 0.6 is 0 Å². The van der Waals surface area contributed by atoms with Crippen LogP contribution in [-0.4, -0.2) is 22.9 Å². The van der Waals surface area contributed by atoms with Crippen molar-refractivity contribution in [1.82, 2.24) is 9.88 Å². The van der Waals surface area contributed by atoms with Crippen molar-refractivity contribution < 1.29 is 9.53 Å². The van der Waals surface area contributed by atoms with E-state index < -0.39 is 0 Å². The number of aromatic nitrogens is 1. The number of aryl methyl sites for hydroxylation is 1. The predicted molar refractivity (Wildman–Crippen MR) is 105 cm³/mol. The van der Waals surface area contributed by atoms with Crippen molar-refractivity contribution in [2.24, 2.45) is 0 Å². The van der Waals surface area contributed by atoms with Gasteiger partial charge in [-0.05, 0) is 48.4 Å². The fourth-order valence-corrected chi connectivity index (χ4v) is 3.35. The summed E-state index contributed by atoms with van der Waals surface area (Å²) < 4.78 is 5.22. The standard InChI is InChI=1S/C22H21N3O2/c1-15-6-3-4-8-19(15)24-21-20-18(7-5-13-23-20)22(26)25(21)14-16-9-11-17(27-2)12-10-16/h3-13,21,24H,14H2,1-2H3. The monoisotopic (exact) mass is 359 g/mol. The number of ether oxygens (including phenoxy) is 1. The van der Waals surface area contributed by atoms with Gasteiger partial charge in [-0.25, -0.2) is 0 Å². The molecule has 1 atom stereocenters. The Kier molecular flexibility index (Phi) is 4.50. The number of anilines is 1. The Hall–Kier alpha value is -3.34. The number of hydrogen-bond donors (Lipinski definition) is 1. The van der Waals surface area contributed by atoms with Crippen LogP contribution in [-0.2, 0) is 6.54 Å². The first-order valence-electron chi connectivity index (χ1n) is 8.88. The van der Waals surface area contributed by atoms with Gasteiger partial charge in [-0.1, -0.05) is 30.3 Å². The molecule has 0 aliphatic carbocycles. The molecule has 2 aromatic carbocycles. The Morgan fingerprint density at radius 1 is 1.07 bits per heavy atom. The lowest BCUT2D eigenvalue weighted by molar-refractivity contribution is 0.0727. The van der Waals surface area contributed by atoms with Gasteiger partial charge in [-0.15, -0.1) is 0 Å². The third kappa shape index (κ3) is 3.24. The first kappa shape index (κ1) is 17.1. The minimum absolute atomic E-state index is 0.0139. The van der Waals surface area contributed by atoms with Crippen molar-refractivity contribution in [2.75, 3.05) is 12.4 Å². The van der Waals surface area contributed by atoms with E-state index in [0.717, 1.165) is 28.3 Å². The molecule has 1 aliphatic heterocycles. The summed E-state index contributed by atoms with van der Waals surface area (Å²) in [6.45, 7) is 2.54. The number of hydrogen-bond acceptors (Lipinski definition) is 4. The number of rotatable bonds is 5. The van der Waals surface area contributed by atoms with Crippen LogP contribution in [0.1, 0.15) is 33.3 Å². The second-order valence-corrected chi connectivity index (χ2v) is 6.58. The minimum Gasteiger partial charge on any atom is -0.497 e. The zero-order valence-electron chi connectivity index (χ0n) is 15.3. The summed E-state index contributed by atoms with van der Waals surface area (Å²) in [6, 6.07) is 19.5. The number of methoxy groups -OCH3 is 1. The van der Waals surface area contributed by atoms with Crippen molar-refractivity contribution in [3.63, 3.8) is 0 Å². The molecule has 0 spiro atoms. The van der Waals surface area contributed by atoms with E-state index in [1.54, 1.807) is 19.4 Å². The summed E-state index contributed by atoms with van der Waals surface area (Å²) in [7, 11) is 1.64. The van der Waals surface area contributed by atoms with Gasteiger partial charge in [0.05, 0.1) is 18.4 Å². The Bertz CT molecular complexity index is 969. The molecule has 136 valence electrons. The Labute approximate surface area is 158 Å². The zero-order chi connectivity index (χ0) is 18.8. The van der Waals surface area contributed by atoms with E-state index in [4.69, 9.17) is 4.74 Å². The zero-order valence-corrected chi connectivity index (χ0v) is 15.3. The van der Waals surface area contributed by atoms with E-state index in [2.05, 4.69) is 10.3 Å². The van der Waals surface area contributed by atoms with Gasteiger partial charge in [0.15, 0.2) is 0 Å². The van der Waals surface area contributed by atoms with Crippen LogP contribution in [0, 0.1) is 6.92 Å². The van der Waals surface area contributed by atoms with Crippen molar-refractivity contribution in [3.8, 4) is 5.75 Å². The summed E-state index contributed by atoms with van der Waals surface area (Å²) in [5, 5.41) is 3.51. The van der Waals surface area contributed by atoms with Crippen LogP contribution < -0.4 is 10.1 Å². The highest BCUT2D eigenvalue weighted by Crippen LogP contribution is 2.34. The van der Waals surface area contributed by atoms with Crippen molar-refractivity contribution in [3.05, 3.63) is 89.2 Å². The number of pyridine rings is 1. The van der Waals surface area contributed by atoms with Crippen LogP contribution in [0.5, 0.6) is 5.75 Å². The van der Waals surface area contributed by atoms with Crippen LogP contribution in [0.4, 0.5) is 5.69 Å². The van der Waals surface area contributed by atoms with Gasteiger partial charge < -0.3 is 15.0 Å². The van der Waals surface area contributed by atoms with E-state index in [0.29, 0.717) is 12.1 Å². The average Bonchev–Trinajstić information content (AvgIpc) is 2.96. The number of nitrogens with one attached hydrogen (secondary N) is 1. The molecular weight excluding hydrogens is 338 g/mol. The Balaban J connectivity index is 1.67. The third-order valence-corrected chi connectivity index (χ3v) is 4.85. The minimum atomic E-state index is -0.308. The van der Waals surface area contributed by atoms with Crippen LogP contribution in [0.2, 0.25) is 0 Å². The highest BCUT2D eigenvalue weighted by atomic mass is 16.5. The number of carbonyl (C=O) groups is 1. The molecule has 3 aromatic rings. The highest BCUT2D eigenvalue weighted by Gasteiger charge is 2.38. The van der Waals surface area contributed by atoms with Crippen molar-refractivity contribution in [2.45, 2.75) is 19.6 Å². The highest BCUT2D eigenvalue weighted by molar-refractivity contribution is 5.98. The lowest BCUT2D eigenvalue weighted by Crippen LogP contribution is -2.32. The van der Waals surface area contributed by atoms with E-state index in [9.17, 15) is 4.79 Å². The molecular formula is C22H21N3O2. The Morgan fingerprint density at radius 3 is 2.59 bits per heavy atom. The molecule has 1 unspecified atom stereocenters. The Morgan fingerprint density at radius 2 is 1.85 bits per heavy atom. The molecule has 1 N–H and O–H groups in total. The third-order valence-electron chi connectivity index (χ3n) is 4.85. The first-order chi connectivity index (χ1) is 13.2.